The van der Waals surface area contributed by atoms with E-state index in [1.807, 2.05) is 4.90 Å². The first-order valence-corrected chi connectivity index (χ1v) is 10.3. The first-order valence-electron chi connectivity index (χ1n) is 8.05. The monoisotopic (exact) mass is 415 g/mol. The summed E-state index contributed by atoms with van der Waals surface area (Å²) in [6.45, 7) is 9.91. The molecule has 0 unspecified atom stereocenters. The third-order valence-corrected chi connectivity index (χ3v) is 6.36. The number of rotatable bonds is 7. The molecule has 1 N–H and O–H groups in total. The predicted molar refractivity (Wildman–Crippen MR) is 109 cm³/mol. The number of thiocarbonyl (C=S) groups is 1. The Bertz CT molecular complexity index is 767. The average molecular weight is 416 g/mol. The van der Waals surface area contributed by atoms with Crippen LogP contribution in [-0.4, -0.2) is 62.1 Å². The molecule has 1 aliphatic rings. The van der Waals surface area contributed by atoms with Gasteiger partial charge in [0.1, 0.15) is 0 Å². The van der Waals surface area contributed by atoms with Crippen molar-refractivity contribution < 1.29 is 13.2 Å². The van der Waals surface area contributed by atoms with Crippen LogP contribution in [0.25, 0.3) is 0 Å². The van der Waals surface area contributed by atoms with Gasteiger partial charge in [0, 0.05) is 26.2 Å². The fraction of sp³-hybridized carbons (Fsp3) is 0.353. The molecule has 1 heterocycles. The molecule has 0 amide bonds. The van der Waals surface area contributed by atoms with Gasteiger partial charge in [0.25, 0.3) is 0 Å². The third-order valence-electron chi connectivity index (χ3n) is 3.77. The van der Waals surface area contributed by atoms with Gasteiger partial charge >= 0.3 is 0 Å². The van der Waals surface area contributed by atoms with Crippen molar-refractivity contribution in [2.24, 2.45) is 0 Å². The Morgan fingerprint density at radius 1 is 1.31 bits per heavy atom. The van der Waals surface area contributed by atoms with E-state index in [-0.39, 0.29) is 4.90 Å². The molecule has 1 aromatic rings. The van der Waals surface area contributed by atoms with Gasteiger partial charge in [0.05, 0.1) is 28.8 Å². The van der Waals surface area contributed by atoms with Gasteiger partial charge in [0.15, 0.2) is 5.11 Å². The normalized spacial score (nSPS) is 15.3. The van der Waals surface area contributed by atoms with Crippen molar-refractivity contribution in [3.63, 3.8) is 0 Å². The largest absolute Gasteiger partial charge is 0.379 e. The van der Waals surface area contributed by atoms with E-state index in [0.717, 1.165) is 0 Å². The summed E-state index contributed by atoms with van der Waals surface area (Å²) in [5, 5.41) is 3.81. The number of benzene rings is 1. The highest BCUT2D eigenvalue weighted by Gasteiger charge is 2.27. The van der Waals surface area contributed by atoms with Gasteiger partial charge in [-0.25, -0.2) is 8.42 Å². The van der Waals surface area contributed by atoms with Crippen molar-refractivity contribution in [3.05, 3.63) is 48.5 Å². The molecule has 9 heteroatoms. The van der Waals surface area contributed by atoms with E-state index in [0.29, 0.717) is 55.2 Å². The van der Waals surface area contributed by atoms with Crippen LogP contribution < -0.4 is 5.32 Å². The van der Waals surface area contributed by atoms with E-state index in [4.69, 9.17) is 28.6 Å². The van der Waals surface area contributed by atoms with Gasteiger partial charge in [0.2, 0.25) is 10.0 Å². The third kappa shape index (κ3) is 5.05. The molecular weight excluding hydrogens is 394 g/mol. The van der Waals surface area contributed by atoms with Crippen molar-refractivity contribution in [1.82, 2.24) is 9.21 Å². The Kier molecular flexibility index (Phi) is 7.60. The Balaban J connectivity index is 2.24. The molecule has 2 rings (SSSR count). The van der Waals surface area contributed by atoms with E-state index in [1.165, 1.54) is 16.4 Å². The standard InChI is InChI=1S/C17H22ClN3O3S2/c1-3-7-20(8-4-2)17(25)19-16-13-14(5-6-15(16)18)26(22,23)21-9-11-24-12-10-21/h3-6,13H,1-2,7-12H2,(H,19,25). The minimum atomic E-state index is -3.61. The smallest absolute Gasteiger partial charge is 0.243 e. The van der Waals surface area contributed by atoms with Gasteiger partial charge in [-0.05, 0) is 30.4 Å². The van der Waals surface area contributed by atoms with E-state index >= 15 is 0 Å². The van der Waals surface area contributed by atoms with Crippen LogP contribution in [-0.2, 0) is 14.8 Å². The lowest BCUT2D eigenvalue weighted by Crippen LogP contribution is -2.40. The van der Waals surface area contributed by atoms with Crippen LogP contribution in [0.2, 0.25) is 5.02 Å². The first-order chi connectivity index (χ1) is 12.4. The minimum Gasteiger partial charge on any atom is -0.379 e. The second-order valence-corrected chi connectivity index (χ2v) is 8.30. The molecule has 1 saturated heterocycles. The Morgan fingerprint density at radius 3 is 2.50 bits per heavy atom. The number of hydrogen-bond acceptors (Lipinski definition) is 4. The molecule has 142 valence electrons. The topological polar surface area (TPSA) is 61.9 Å². The number of hydrogen-bond donors (Lipinski definition) is 1. The number of anilines is 1. The second-order valence-electron chi connectivity index (χ2n) is 5.57. The van der Waals surface area contributed by atoms with Crippen LogP contribution in [0.3, 0.4) is 0 Å². The molecule has 0 aliphatic carbocycles. The molecule has 1 aliphatic heterocycles. The lowest BCUT2D eigenvalue weighted by Gasteiger charge is -2.27. The summed E-state index contributed by atoms with van der Waals surface area (Å²) in [4.78, 5) is 1.99. The lowest BCUT2D eigenvalue weighted by atomic mass is 10.3. The molecule has 0 bridgehead atoms. The quantitative estimate of drug-likeness (QED) is 0.545. The van der Waals surface area contributed by atoms with Crippen LogP contribution >= 0.6 is 23.8 Å². The molecule has 0 radical (unpaired) electrons. The number of morpholine rings is 1. The molecule has 0 atom stereocenters. The van der Waals surface area contributed by atoms with Crippen LogP contribution in [0.15, 0.2) is 48.4 Å². The summed E-state index contributed by atoms with van der Waals surface area (Å²) in [7, 11) is -3.61. The van der Waals surface area contributed by atoms with Crippen molar-refractivity contribution in [2.75, 3.05) is 44.7 Å². The number of sulfonamides is 1. The molecule has 26 heavy (non-hydrogen) atoms. The van der Waals surface area contributed by atoms with Gasteiger partial charge in [-0.3, -0.25) is 0 Å². The summed E-state index contributed by atoms with van der Waals surface area (Å²) in [6, 6.07) is 4.54. The zero-order valence-corrected chi connectivity index (χ0v) is 16.7. The Labute approximate surface area is 165 Å². The SMILES string of the molecule is C=CCN(CC=C)C(=S)Nc1cc(S(=O)(=O)N2CCOCC2)ccc1Cl. The highest BCUT2D eigenvalue weighted by molar-refractivity contribution is 7.89. The highest BCUT2D eigenvalue weighted by atomic mass is 35.5. The molecule has 6 nitrogen and oxygen atoms in total. The van der Waals surface area contributed by atoms with E-state index in [2.05, 4.69) is 18.5 Å². The number of halogens is 1. The summed E-state index contributed by atoms with van der Waals surface area (Å²) >= 11 is 11.6. The van der Waals surface area contributed by atoms with Crippen molar-refractivity contribution in [1.29, 1.82) is 0 Å². The maximum absolute atomic E-state index is 12.8. The molecule has 0 spiro atoms. The molecule has 0 aromatic heterocycles. The summed E-state index contributed by atoms with van der Waals surface area (Å²) < 4.78 is 32.2. The summed E-state index contributed by atoms with van der Waals surface area (Å²) in [5.74, 6) is 0. The minimum absolute atomic E-state index is 0.160. The van der Waals surface area contributed by atoms with Crippen LogP contribution in [0.4, 0.5) is 5.69 Å². The van der Waals surface area contributed by atoms with Crippen LogP contribution in [0.5, 0.6) is 0 Å². The lowest BCUT2D eigenvalue weighted by molar-refractivity contribution is 0.0730. The zero-order chi connectivity index (χ0) is 19.2. The van der Waals surface area contributed by atoms with Crippen molar-refractivity contribution in [2.45, 2.75) is 4.90 Å². The van der Waals surface area contributed by atoms with Gasteiger partial charge < -0.3 is 15.0 Å². The second kappa shape index (κ2) is 9.48. The number of nitrogens with zero attached hydrogens (tertiary/aromatic N) is 2. The fourth-order valence-corrected chi connectivity index (χ4v) is 4.30. The Morgan fingerprint density at radius 2 is 1.92 bits per heavy atom. The van der Waals surface area contributed by atoms with Crippen LogP contribution in [0, 0.1) is 0 Å². The maximum Gasteiger partial charge on any atom is 0.243 e. The zero-order valence-electron chi connectivity index (χ0n) is 14.4. The van der Waals surface area contributed by atoms with Gasteiger partial charge in [-0.2, -0.15) is 4.31 Å². The average Bonchev–Trinajstić information content (AvgIpc) is 2.64. The first kappa shape index (κ1) is 20.9. The molecule has 0 saturated carbocycles. The van der Waals surface area contributed by atoms with Gasteiger partial charge in [-0.15, -0.1) is 13.2 Å². The number of nitrogens with one attached hydrogen (secondary N) is 1. The summed E-state index contributed by atoms with van der Waals surface area (Å²) in [5.41, 5.74) is 0.434. The predicted octanol–water partition coefficient (Wildman–Crippen LogP) is 2.73. The molecular formula is C17H22ClN3O3S2. The molecule has 1 fully saturated rings. The van der Waals surface area contributed by atoms with Crippen molar-refractivity contribution >= 4 is 44.6 Å². The number of ether oxygens (including phenoxy) is 1. The van der Waals surface area contributed by atoms with Crippen LogP contribution in [0.1, 0.15) is 0 Å². The Hall–Kier alpha value is -1.45. The molecule has 1 aromatic carbocycles. The van der Waals surface area contributed by atoms with E-state index in [9.17, 15) is 8.42 Å². The summed E-state index contributed by atoms with van der Waals surface area (Å²) in [6.07, 6.45) is 3.44. The van der Waals surface area contributed by atoms with E-state index < -0.39 is 10.0 Å². The van der Waals surface area contributed by atoms with E-state index in [1.54, 1.807) is 18.2 Å². The fourth-order valence-electron chi connectivity index (χ4n) is 2.44. The highest BCUT2D eigenvalue weighted by Crippen LogP contribution is 2.27. The van der Waals surface area contributed by atoms with Gasteiger partial charge in [-0.1, -0.05) is 23.8 Å². The maximum atomic E-state index is 12.8. The van der Waals surface area contributed by atoms with Crippen molar-refractivity contribution in [3.8, 4) is 0 Å².